The zero-order valence-electron chi connectivity index (χ0n) is 24.8. The van der Waals surface area contributed by atoms with Crippen molar-refractivity contribution in [3.05, 3.63) is 83.7 Å². The molecule has 7 nitrogen and oxygen atoms in total. The molecule has 1 N–H and O–H groups in total. The molecule has 218 valence electrons. The molecule has 0 atom stereocenters. The normalized spacial score (nSPS) is 11.1. The fourth-order valence-corrected chi connectivity index (χ4v) is 5.08. The zero-order chi connectivity index (χ0) is 29.0. The van der Waals surface area contributed by atoms with E-state index in [4.69, 9.17) is 19.2 Å². The number of rotatable bonds is 16. The van der Waals surface area contributed by atoms with E-state index in [0.29, 0.717) is 36.1 Å². The number of aromatic nitrogens is 2. The van der Waals surface area contributed by atoms with Gasteiger partial charge in [0.05, 0.1) is 31.9 Å². The van der Waals surface area contributed by atoms with Gasteiger partial charge in [0.25, 0.3) is 5.91 Å². The highest BCUT2D eigenvalue weighted by Crippen LogP contribution is 2.28. The molecule has 0 unspecified atom stereocenters. The topological polar surface area (TPSA) is 74.6 Å². The molecule has 1 heterocycles. The fourth-order valence-electron chi connectivity index (χ4n) is 5.08. The van der Waals surface area contributed by atoms with Crippen LogP contribution < -0.4 is 19.5 Å². The van der Waals surface area contributed by atoms with Crippen LogP contribution in [0.5, 0.6) is 17.2 Å². The largest absolute Gasteiger partial charge is 0.493 e. The van der Waals surface area contributed by atoms with Gasteiger partial charge in [0, 0.05) is 25.1 Å². The summed E-state index contributed by atoms with van der Waals surface area (Å²) in [6.07, 6.45) is 5.87. The summed E-state index contributed by atoms with van der Waals surface area (Å²) in [7, 11) is 3.15. The lowest BCUT2D eigenvalue weighted by Crippen LogP contribution is -2.24. The van der Waals surface area contributed by atoms with Crippen LogP contribution in [0, 0.1) is 0 Å². The molecule has 0 aliphatic carbocycles. The van der Waals surface area contributed by atoms with E-state index in [0.717, 1.165) is 62.2 Å². The maximum Gasteiger partial charge on any atom is 0.251 e. The quantitative estimate of drug-likeness (QED) is 0.148. The van der Waals surface area contributed by atoms with Crippen LogP contribution >= 0.6 is 0 Å². The Kier molecular flexibility index (Phi) is 11.1. The molecular weight excluding hydrogens is 514 g/mol. The molecule has 3 aromatic carbocycles. The van der Waals surface area contributed by atoms with Crippen molar-refractivity contribution in [2.45, 2.75) is 64.8 Å². The van der Waals surface area contributed by atoms with Crippen molar-refractivity contribution in [1.29, 1.82) is 0 Å². The summed E-state index contributed by atoms with van der Waals surface area (Å²) < 4.78 is 19.1. The smallest absolute Gasteiger partial charge is 0.251 e. The second-order valence-electron chi connectivity index (χ2n) is 10.6. The summed E-state index contributed by atoms with van der Waals surface area (Å²) in [5, 5.41) is 3.01. The number of unbranched alkanes of at least 4 members (excludes halogenated alkanes) is 3. The average molecular weight is 558 g/mol. The third kappa shape index (κ3) is 8.03. The molecule has 7 heteroatoms. The minimum absolute atomic E-state index is 0.107. The first-order valence-corrected chi connectivity index (χ1v) is 14.7. The Labute approximate surface area is 243 Å². The van der Waals surface area contributed by atoms with E-state index in [2.05, 4.69) is 60.1 Å². The number of fused-ring (bicyclic) bond motifs is 1. The first-order chi connectivity index (χ1) is 20.0. The van der Waals surface area contributed by atoms with E-state index in [1.807, 2.05) is 12.1 Å². The summed E-state index contributed by atoms with van der Waals surface area (Å²) in [4.78, 5) is 17.5. The highest BCUT2D eigenvalue weighted by molar-refractivity contribution is 5.94. The van der Waals surface area contributed by atoms with Gasteiger partial charge in [0.1, 0.15) is 11.6 Å². The molecule has 4 rings (SSSR count). The van der Waals surface area contributed by atoms with E-state index in [1.165, 1.54) is 11.1 Å². The molecule has 0 aliphatic heterocycles. The number of nitrogens with zero attached hydrogens (tertiary/aromatic N) is 2. The highest BCUT2D eigenvalue weighted by atomic mass is 16.5. The van der Waals surface area contributed by atoms with Crippen molar-refractivity contribution >= 4 is 16.9 Å². The van der Waals surface area contributed by atoms with Crippen LogP contribution in [0.1, 0.15) is 73.6 Å². The Morgan fingerprint density at radius 1 is 0.854 bits per heavy atom. The van der Waals surface area contributed by atoms with Gasteiger partial charge >= 0.3 is 0 Å². The summed E-state index contributed by atoms with van der Waals surface area (Å²) in [6, 6.07) is 21.9. The van der Waals surface area contributed by atoms with Gasteiger partial charge in [0.15, 0.2) is 11.5 Å². The molecule has 1 amide bonds. The third-order valence-electron chi connectivity index (χ3n) is 7.32. The minimum Gasteiger partial charge on any atom is -0.493 e. The van der Waals surface area contributed by atoms with Gasteiger partial charge in [-0.1, -0.05) is 50.6 Å². The van der Waals surface area contributed by atoms with Gasteiger partial charge in [-0.15, -0.1) is 0 Å². The maximum absolute atomic E-state index is 12.6. The number of amides is 1. The minimum atomic E-state index is -0.107. The Morgan fingerprint density at radius 2 is 1.63 bits per heavy atom. The molecular formula is C34H43N3O4. The number of benzene rings is 3. The summed E-state index contributed by atoms with van der Waals surface area (Å²) in [5.41, 5.74) is 4.06. The lowest BCUT2D eigenvalue weighted by molar-refractivity contribution is 0.0952. The SMILES string of the molecule is COc1ccc(C(=O)NCCCCCc2nc3ccccc3n2CCCCOc2ccccc2C(C)C)cc1OC. The number of hydrogen-bond donors (Lipinski definition) is 1. The first-order valence-electron chi connectivity index (χ1n) is 14.7. The van der Waals surface area contributed by atoms with E-state index in [9.17, 15) is 4.79 Å². The highest BCUT2D eigenvalue weighted by Gasteiger charge is 2.12. The van der Waals surface area contributed by atoms with Gasteiger partial charge in [0.2, 0.25) is 0 Å². The molecule has 0 spiro atoms. The Morgan fingerprint density at radius 3 is 2.44 bits per heavy atom. The van der Waals surface area contributed by atoms with Crippen molar-refractivity contribution < 1.29 is 19.0 Å². The van der Waals surface area contributed by atoms with E-state index in [-0.39, 0.29) is 5.91 Å². The van der Waals surface area contributed by atoms with Crippen LogP contribution in [0.2, 0.25) is 0 Å². The fraction of sp³-hybridized carbons (Fsp3) is 0.412. The van der Waals surface area contributed by atoms with Crippen molar-refractivity contribution in [1.82, 2.24) is 14.9 Å². The van der Waals surface area contributed by atoms with E-state index >= 15 is 0 Å². The van der Waals surface area contributed by atoms with Crippen LogP contribution in [0.4, 0.5) is 0 Å². The van der Waals surface area contributed by atoms with Crippen molar-refractivity contribution in [3.8, 4) is 17.2 Å². The summed E-state index contributed by atoms with van der Waals surface area (Å²) in [5.74, 6) is 3.62. The number of aryl methyl sites for hydroxylation is 2. The van der Waals surface area contributed by atoms with Crippen LogP contribution in [-0.2, 0) is 13.0 Å². The maximum atomic E-state index is 12.6. The second kappa shape index (κ2) is 15.1. The van der Waals surface area contributed by atoms with Crippen molar-refractivity contribution in [2.24, 2.45) is 0 Å². The monoisotopic (exact) mass is 557 g/mol. The Balaban J connectivity index is 1.23. The predicted octanol–water partition coefficient (Wildman–Crippen LogP) is 7.18. The third-order valence-corrected chi connectivity index (χ3v) is 7.32. The van der Waals surface area contributed by atoms with Gasteiger partial charge in [-0.25, -0.2) is 4.98 Å². The molecule has 1 aromatic heterocycles. The number of imidazole rings is 1. The van der Waals surface area contributed by atoms with Crippen LogP contribution in [-0.4, -0.2) is 42.8 Å². The number of hydrogen-bond acceptors (Lipinski definition) is 5. The van der Waals surface area contributed by atoms with Gasteiger partial charge in [-0.05, 0) is 73.6 Å². The van der Waals surface area contributed by atoms with E-state index < -0.39 is 0 Å². The number of carbonyl (C=O) groups excluding carboxylic acids is 1. The standard InChI is InChI=1S/C34H43N3O4/c1-25(2)27-14-7-10-17-30(27)41-23-13-12-22-37-29-16-9-8-15-28(29)36-33(37)18-6-5-11-21-35-34(38)26-19-20-31(39-3)32(24-26)40-4/h7-10,14-17,19-20,24-25H,5-6,11-13,18,21-23H2,1-4H3,(H,35,38). The molecule has 0 bridgehead atoms. The Hall–Kier alpha value is -4.00. The molecule has 0 saturated carbocycles. The Bertz CT molecular complexity index is 1410. The van der Waals surface area contributed by atoms with Gasteiger partial charge in [-0.2, -0.15) is 0 Å². The molecule has 0 aliphatic rings. The average Bonchev–Trinajstić information content (AvgIpc) is 3.35. The van der Waals surface area contributed by atoms with E-state index in [1.54, 1.807) is 32.4 Å². The number of ether oxygens (including phenoxy) is 3. The predicted molar refractivity (Wildman–Crippen MR) is 164 cm³/mol. The zero-order valence-corrected chi connectivity index (χ0v) is 24.8. The van der Waals surface area contributed by atoms with Crippen LogP contribution in [0.3, 0.4) is 0 Å². The van der Waals surface area contributed by atoms with Crippen LogP contribution in [0.15, 0.2) is 66.7 Å². The first kappa shape index (κ1) is 30.0. The number of nitrogens with one attached hydrogen (secondary N) is 1. The van der Waals surface area contributed by atoms with Gasteiger partial charge < -0.3 is 24.1 Å². The molecule has 4 aromatic rings. The summed E-state index contributed by atoms with van der Waals surface area (Å²) >= 11 is 0. The second-order valence-corrected chi connectivity index (χ2v) is 10.6. The molecule has 0 saturated heterocycles. The molecule has 0 radical (unpaired) electrons. The van der Waals surface area contributed by atoms with Crippen LogP contribution in [0.25, 0.3) is 11.0 Å². The van der Waals surface area contributed by atoms with Gasteiger partial charge in [-0.3, -0.25) is 4.79 Å². The number of para-hydroxylation sites is 3. The molecule has 0 fully saturated rings. The molecule has 41 heavy (non-hydrogen) atoms. The lowest BCUT2D eigenvalue weighted by atomic mass is 10.0. The van der Waals surface area contributed by atoms with Crippen molar-refractivity contribution in [3.63, 3.8) is 0 Å². The lowest BCUT2D eigenvalue weighted by Gasteiger charge is -2.14. The number of methoxy groups -OCH3 is 2. The summed E-state index contributed by atoms with van der Waals surface area (Å²) in [6.45, 7) is 6.66. The van der Waals surface area contributed by atoms with Crippen molar-refractivity contribution in [2.75, 3.05) is 27.4 Å². The number of carbonyl (C=O) groups is 1.